The first kappa shape index (κ1) is 23.3. The highest BCUT2D eigenvalue weighted by Crippen LogP contribution is 2.51. The molecule has 2 aromatic heterocycles. The Kier molecular flexibility index (Phi) is 6.46. The van der Waals surface area contributed by atoms with Gasteiger partial charge in [-0.05, 0) is 54.8 Å². The van der Waals surface area contributed by atoms with Gasteiger partial charge in [-0.3, -0.25) is 9.59 Å². The molecule has 2 aromatic carbocycles. The number of anilines is 4. The summed E-state index contributed by atoms with van der Waals surface area (Å²) in [5, 5.41) is 12.0. The number of halogens is 1. The molecule has 0 saturated carbocycles. The smallest absolute Gasteiger partial charge is 0.267 e. The van der Waals surface area contributed by atoms with Gasteiger partial charge in [-0.1, -0.05) is 40.2 Å². The van der Waals surface area contributed by atoms with Crippen LogP contribution in [0.5, 0.6) is 0 Å². The monoisotopic (exact) mass is 564 g/mol. The number of carbonyl (C=O) groups is 2. The molecule has 4 aromatic rings. The Morgan fingerprint density at radius 1 is 0.943 bits per heavy atom. The number of nitrogens with two attached hydrogens (primary N) is 1. The Hall–Kier alpha value is -3.40. The number of benzene rings is 2. The summed E-state index contributed by atoms with van der Waals surface area (Å²) in [5.41, 5.74) is 10.4. The Labute approximate surface area is 219 Å². The molecule has 2 amide bonds. The van der Waals surface area contributed by atoms with Crippen molar-refractivity contribution in [3.8, 4) is 0 Å². The SMILES string of the molecule is CC1=C(C(=O)Nc2ccccc2)C(c2cccs2)c2c(sc(C(=O)Nc3ccc(Br)cc3)c2N)N1. The van der Waals surface area contributed by atoms with E-state index >= 15 is 0 Å². The summed E-state index contributed by atoms with van der Waals surface area (Å²) in [7, 11) is 0. The van der Waals surface area contributed by atoms with Crippen molar-refractivity contribution >= 4 is 72.5 Å². The second-order valence-corrected chi connectivity index (χ2v) is 10.9. The van der Waals surface area contributed by atoms with E-state index in [0.717, 1.165) is 25.6 Å². The van der Waals surface area contributed by atoms with Crippen molar-refractivity contribution < 1.29 is 9.59 Å². The van der Waals surface area contributed by atoms with Crippen molar-refractivity contribution in [1.82, 2.24) is 0 Å². The third-order valence-electron chi connectivity index (χ3n) is 5.68. The average Bonchev–Trinajstić information content (AvgIpc) is 3.49. The van der Waals surface area contributed by atoms with Crippen molar-refractivity contribution in [1.29, 1.82) is 0 Å². The van der Waals surface area contributed by atoms with Gasteiger partial charge in [0.05, 0.1) is 16.6 Å². The minimum absolute atomic E-state index is 0.211. The van der Waals surface area contributed by atoms with Gasteiger partial charge in [0.1, 0.15) is 4.88 Å². The molecule has 0 radical (unpaired) electrons. The lowest BCUT2D eigenvalue weighted by Gasteiger charge is -2.28. The Morgan fingerprint density at radius 3 is 2.31 bits per heavy atom. The normalized spacial score (nSPS) is 14.7. The summed E-state index contributed by atoms with van der Waals surface area (Å²) >= 11 is 6.25. The van der Waals surface area contributed by atoms with Crippen LogP contribution in [0.2, 0.25) is 0 Å². The largest absolute Gasteiger partial charge is 0.397 e. The first-order valence-corrected chi connectivity index (χ1v) is 13.3. The number of fused-ring (bicyclic) bond motifs is 1. The Morgan fingerprint density at radius 2 is 1.63 bits per heavy atom. The quantitative estimate of drug-likeness (QED) is 0.212. The van der Waals surface area contributed by atoms with Crippen LogP contribution in [0, 0.1) is 0 Å². The fraction of sp³-hybridized carbons (Fsp3) is 0.0769. The summed E-state index contributed by atoms with van der Waals surface area (Å²) in [6.07, 6.45) is 0. The minimum Gasteiger partial charge on any atom is -0.397 e. The van der Waals surface area contributed by atoms with Crippen LogP contribution in [0.3, 0.4) is 0 Å². The number of hydrogen-bond acceptors (Lipinski definition) is 6. The van der Waals surface area contributed by atoms with E-state index in [1.165, 1.54) is 11.3 Å². The van der Waals surface area contributed by atoms with Crippen molar-refractivity contribution in [3.05, 3.63) is 103 Å². The number of thiophene rings is 2. The van der Waals surface area contributed by atoms with Crippen molar-refractivity contribution in [3.63, 3.8) is 0 Å². The zero-order valence-corrected chi connectivity index (χ0v) is 21.8. The number of allylic oxidation sites excluding steroid dienone is 1. The van der Waals surface area contributed by atoms with Crippen molar-refractivity contribution in [2.24, 2.45) is 0 Å². The van der Waals surface area contributed by atoms with E-state index < -0.39 is 0 Å². The van der Waals surface area contributed by atoms with Crippen LogP contribution in [0.1, 0.15) is 33.0 Å². The third-order valence-corrected chi connectivity index (χ3v) is 8.28. The van der Waals surface area contributed by atoms with E-state index in [1.54, 1.807) is 11.3 Å². The summed E-state index contributed by atoms with van der Waals surface area (Å²) in [4.78, 5) is 28.0. The van der Waals surface area contributed by atoms with E-state index in [0.29, 0.717) is 27.5 Å². The summed E-state index contributed by atoms with van der Waals surface area (Å²) in [6, 6.07) is 20.6. The van der Waals surface area contributed by atoms with Gasteiger partial charge in [0.25, 0.3) is 11.8 Å². The van der Waals surface area contributed by atoms with Gasteiger partial charge in [0.2, 0.25) is 0 Å². The number of amides is 2. The maximum atomic E-state index is 13.5. The molecular weight excluding hydrogens is 544 g/mol. The summed E-state index contributed by atoms with van der Waals surface area (Å²) in [6.45, 7) is 1.88. The van der Waals surface area contributed by atoms with E-state index in [4.69, 9.17) is 5.73 Å². The van der Waals surface area contributed by atoms with Crippen LogP contribution in [0.15, 0.2) is 87.9 Å². The second kappa shape index (κ2) is 9.69. The summed E-state index contributed by atoms with van der Waals surface area (Å²) < 4.78 is 0.924. The van der Waals surface area contributed by atoms with Gasteiger partial charge in [-0.2, -0.15) is 0 Å². The number of carbonyl (C=O) groups excluding carboxylic acids is 2. The Bertz CT molecular complexity index is 1430. The molecule has 1 atom stereocenters. The lowest BCUT2D eigenvalue weighted by molar-refractivity contribution is -0.113. The topological polar surface area (TPSA) is 96.2 Å². The van der Waals surface area contributed by atoms with Crippen molar-refractivity contribution in [2.75, 3.05) is 21.7 Å². The molecule has 6 nitrogen and oxygen atoms in total. The highest BCUT2D eigenvalue weighted by molar-refractivity contribution is 9.10. The molecule has 5 rings (SSSR count). The molecule has 35 heavy (non-hydrogen) atoms. The predicted octanol–water partition coefficient (Wildman–Crippen LogP) is 6.88. The molecule has 176 valence electrons. The van der Waals surface area contributed by atoms with Gasteiger partial charge in [0.15, 0.2) is 0 Å². The minimum atomic E-state index is -0.388. The molecule has 9 heteroatoms. The molecule has 5 N–H and O–H groups in total. The standard InChI is InChI=1S/C26H21BrN4O2S2/c1-14-19(24(32)30-16-6-3-2-4-7-16)20(18-8-5-13-34-18)21-22(28)23(35-26(21)29-14)25(33)31-17-11-9-15(27)10-12-17/h2-13,20,29H,28H2,1H3,(H,30,32)(H,31,33). The van der Waals surface area contributed by atoms with Gasteiger partial charge < -0.3 is 21.7 Å². The average molecular weight is 566 g/mol. The highest BCUT2D eigenvalue weighted by atomic mass is 79.9. The molecule has 0 aliphatic carbocycles. The van der Waals surface area contributed by atoms with Crippen LogP contribution in [-0.2, 0) is 4.79 Å². The van der Waals surface area contributed by atoms with E-state index in [2.05, 4.69) is 31.9 Å². The number of para-hydroxylation sites is 1. The van der Waals surface area contributed by atoms with E-state index in [-0.39, 0.29) is 17.7 Å². The molecule has 1 aliphatic rings. The van der Waals surface area contributed by atoms with Gasteiger partial charge in [-0.25, -0.2) is 0 Å². The fourth-order valence-electron chi connectivity index (χ4n) is 4.09. The van der Waals surface area contributed by atoms with Crippen LogP contribution < -0.4 is 21.7 Å². The van der Waals surface area contributed by atoms with E-state index in [9.17, 15) is 9.59 Å². The molecular formula is C26H21BrN4O2S2. The maximum Gasteiger partial charge on any atom is 0.267 e. The molecule has 0 saturated heterocycles. The molecule has 0 spiro atoms. The van der Waals surface area contributed by atoms with E-state index in [1.807, 2.05) is 79.0 Å². The molecule has 3 heterocycles. The lowest BCUT2D eigenvalue weighted by Crippen LogP contribution is -2.26. The zero-order valence-electron chi connectivity index (χ0n) is 18.6. The number of rotatable bonds is 5. The van der Waals surface area contributed by atoms with Gasteiger partial charge in [-0.15, -0.1) is 22.7 Å². The van der Waals surface area contributed by atoms with Crippen LogP contribution in [0.25, 0.3) is 0 Å². The highest BCUT2D eigenvalue weighted by Gasteiger charge is 2.37. The number of hydrogen-bond donors (Lipinski definition) is 4. The Balaban J connectivity index is 1.53. The fourth-order valence-corrected chi connectivity index (χ4v) is 6.30. The molecule has 0 fully saturated rings. The number of nitrogen functional groups attached to an aromatic ring is 1. The lowest BCUT2D eigenvalue weighted by atomic mass is 9.85. The van der Waals surface area contributed by atoms with Crippen LogP contribution in [0.4, 0.5) is 22.1 Å². The molecule has 0 bridgehead atoms. The summed E-state index contributed by atoms with van der Waals surface area (Å²) in [5.74, 6) is -0.888. The molecule has 1 aliphatic heterocycles. The maximum absolute atomic E-state index is 13.5. The third kappa shape index (κ3) is 4.62. The molecule has 1 unspecified atom stereocenters. The first-order chi connectivity index (χ1) is 16.9. The predicted molar refractivity (Wildman–Crippen MR) is 148 cm³/mol. The van der Waals surface area contributed by atoms with Gasteiger partial charge in [0, 0.05) is 37.6 Å². The van der Waals surface area contributed by atoms with Crippen LogP contribution in [-0.4, -0.2) is 11.8 Å². The van der Waals surface area contributed by atoms with Gasteiger partial charge >= 0.3 is 0 Å². The van der Waals surface area contributed by atoms with Crippen LogP contribution >= 0.6 is 38.6 Å². The van der Waals surface area contributed by atoms with Crippen molar-refractivity contribution in [2.45, 2.75) is 12.8 Å². The first-order valence-electron chi connectivity index (χ1n) is 10.8. The zero-order chi connectivity index (χ0) is 24.5. The number of nitrogens with one attached hydrogen (secondary N) is 3. The second-order valence-electron chi connectivity index (χ2n) is 7.98.